The molecule has 27 heavy (non-hydrogen) atoms. The van der Waals surface area contributed by atoms with Gasteiger partial charge in [-0.1, -0.05) is 0 Å². The molecule has 0 unspecified atom stereocenters. The zero-order valence-electron chi connectivity index (χ0n) is 13.9. The van der Waals surface area contributed by atoms with Crippen LogP contribution in [-0.2, 0) is 0 Å². The van der Waals surface area contributed by atoms with E-state index in [-0.39, 0.29) is 5.75 Å². The number of rotatable bonds is 4. The molecule has 7 nitrogen and oxygen atoms in total. The standard InChI is InChI=1S/C17H13F3N4O3/c1-23(16(25)26)12-4-2-11(3-5-12)15-21-10-24(22-15)13-6-8-14(9-7-13)27-17(18,19)20/h2-10H,1H3,(H,25,26). The van der Waals surface area contributed by atoms with E-state index in [0.717, 1.165) is 4.90 Å². The zero-order valence-corrected chi connectivity index (χ0v) is 13.9. The number of hydrogen-bond acceptors (Lipinski definition) is 4. The molecule has 1 N–H and O–H groups in total. The Hall–Kier alpha value is -3.56. The lowest BCUT2D eigenvalue weighted by Crippen LogP contribution is -2.23. The molecule has 0 aliphatic rings. The van der Waals surface area contributed by atoms with Gasteiger partial charge in [0, 0.05) is 18.3 Å². The Bertz CT molecular complexity index is 937. The van der Waals surface area contributed by atoms with Gasteiger partial charge in [0.25, 0.3) is 0 Å². The molecule has 0 saturated carbocycles. The fraction of sp³-hybridized carbons (Fsp3) is 0.118. The molecule has 2 aromatic carbocycles. The lowest BCUT2D eigenvalue weighted by molar-refractivity contribution is -0.274. The van der Waals surface area contributed by atoms with Gasteiger partial charge in [0.05, 0.1) is 5.69 Å². The predicted octanol–water partition coefficient (Wildman–Crippen LogP) is 3.95. The molecule has 0 spiro atoms. The SMILES string of the molecule is CN(C(=O)O)c1ccc(-c2ncn(-c3ccc(OC(F)(F)F)cc3)n2)cc1. The minimum atomic E-state index is -4.75. The minimum absolute atomic E-state index is 0.329. The van der Waals surface area contributed by atoms with Crippen molar-refractivity contribution < 1.29 is 27.8 Å². The number of carbonyl (C=O) groups is 1. The van der Waals surface area contributed by atoms with Gasteiger partial charge in [-0.05, 0) is 48.5 Å². The molecular weight excluding hydrogens is 365 g/mol. The maximum atomic E-state index is 12.2. The molecule has 0 aliphatic carbocycles. The second kappa shape index (κ2) is 6.98. The number of benzene rings is 2. The summed E-state index contributed by atoms with van der Waals surface area (Å²) in [4.78, 5) is 16.2. The van der Waals surface area contributed by atoms with Gasteiger partial charge in [0.15, 0.2) is 5.82 Å². The summed E-state index contributed by atoms with van der Waals surface area (Å²) in [5.74, 6) is 0.0554. The maximum Gasteiger partial charge on any atom is 0.573 e. The number of anilines is 1. The molecule has 140 valence electrons. The Morgan fingerprint density at radius 3 is 2.30 bits per heavy atom. The van der Waals surface area contributed by atoms with Crippen molar-refractivity contribution in [1.82, 2.24) is 14.8 Å². The van der Waals surface area contributed by atoms with Crippen LogP contribution in [0.2, 0.25) is 0 Å². The Kier molecular flexibility index (Phi) is 4.72. The monoisotopic (exact) mass is 378 g/mol. The fourth-order valence-electron chi connectivity index (χ4n) is 2.26. The van der Waals surface area contributed by atoms with Gasteiger partial charge in [-0.15, -0.1) is 18.3 Å². The van der Waals surface area contributed by atoms with E-state index in [1.165, 1.54) is 42.3 Å². The third-order valence-electron chi connectivity index (χ3n) is 3.63. The number of carboxylic acid groups (broad SMARTS) is 1. The summed E-state index contributed by atoms with van der Waals surface area (Å²) >= 11 is 0. The van der Waals surface area contributed by atoms with E-state index in [4.69, 9.17) is 5.11 Å². The number of alkyl halides is 3. The Labute approximate surface area is 151 Å². The van der Waals surface area contributed by atoms with Crippen LogP contribution in [-0.4, -0.2) is 39.4 Å². The van der Waals surface area contributed by atoms with Gasteiger partial charge in [-0.2, -0.15) is 0 Å². The van der Waals surface area contributed by atoms with Gasteiger partial charge in [0.1, 0.15) is 12.1 Å². The molecule has 10 heteroatoms. The molecule has 1 heterocycles. The fourth-order valence-corrected chi connectivity index (χ4v) is 2.26. The van der Waals surface area contributed by atoms with Crippen molar-refractivity contribution in [2.45, 2.75) is 6.36 Å². The van der Waals surface area contributed by atoms with Gasteiger partial charge in [-0.25, -0.2) is 14.5 Å². The molecule has 0 atom stereocenters. The Balaban J connectivity index is 1.77. The second-order valence-corrected chi connectivity index (χ2v) is 5.44. The quantitative estimate of drug-likeness (QED) is 0.744. The molecular formula is C17H13F3N4O3. The number of nitrogens with zero attached hydrogens (tertiary/aromatic N) is 4. The first-order valence-electron chi connectivity index (χ1n) is 7.58. The van der Waals surface area contributed by atoms with Crippen molar-refractivity contribution in [3.05, 3.63) is 54.9 Å². The Morgan fingerprint density at radius 2 is 1.74 bits per heavy atom. The first-order valence-corrected chi connectivity index (χ1v) is 7.58. The summed E-state index contributed by atoms with van der Waals surface area (Å²) in [6, 6.07) is 11.8. The van der Waals surface area contributed by atoms with Gasteiger partial charge in [0.2, 0.25) is 0 Å². The average Bonchev–Trinajstić information content (AvgIpc) is 3.10. The van der Waals surface area contributed by atoms with E-state index in [1.54, 1.807) is 24.3 Å². The molecule has 3 aromatic rings. The van der Waals surface area contributed by atoms with E-state index in [1.807, 2.05) is 0 Å². The third-order valence-corrected chi connectivity index (χ3v) is 3.63. The van der Waals surface area contributed by atoms with Crippen molar-refractivity contribution in [1.29, 1.82) is 0 Å². The predicted molar refractivity (Wildman–Crippen MR) is 89.9 cm³/mol. The summed E-state index contributed by atoms with van der Waals surface area (Å²) < 4.78 is 41.8. The molecule has 0 fully saturated rings. The van der Waals surface area contributed by atoms with Crippen LogP contribution < -0.4 is 9.64 Å². The van der Waals surface area contributed by atoms with Crippen molar-refractivity contribution in [2.24, 2.45) is 0 Å². The van der Waals surface area contributed by atoms with E-state index in [0.29, 0.717) is 22.8 Å². The van der Waals surface area contributed by atoms with E-state index >= 15 is 0 Å². The number of ether oxygens (including phenoxy) is 1. The topological polar surface area (TPSA) is 80.5 Å². The highest BCUT2D eigenvalue weighted by atomic mass is 19.4. The first-order chi connectivity index (χ1) is 12.7. The molecule has 1 amide bonds. The van der Waals surface area contributed by atoms with E-state index < -0.39 is 12.5 Å². The lowest BCUT2D eigenvalue weighted by Gasteiger charge is -2.12. The van der Waals surface area contributed by atoms with Crippen molar-refractivity contribution in [3.63, 3.8) is 0 Å². The molecule has 0 aliphatic heterocycles. The van der Waals surface area contributed by atoms with Crippen molar-refractivity contribution in [3.8, 4) is 22.8 Å². The summed E-state index contributed by atoms with van der Waals surface area (Å²) in [5, 5.41) is 13.2. The second-order valence-electron chi connectivity index (χ2n) is 5.44. The normalized spacial score (nSPS) is 11.3. The van der Waals surface area contributed by atoms with Crippen LogP contribution in [0.25, 0.3) is 17.1 Å². The number of halogens is 3. The van der Waals surface area contributed by atoms with Gasteiger partial charge in [-0.3, -0.25) is 4.90 Å². The largest absolute Gasteiger partial charge is 0.573 e. The smallest absolute Gasteiger partial charge is 0.465 e. The van der Waals surface area contributed by atoms with Gasteiger partial charge < -0.3 is 9.84 Å². The van der Waals surface area contributed by atoms with Crippen LogP contribution in [0.3, 0.4) is 0 Å². The number of hydrogen-bond donors (Lipinski definition) is 1. The number of amides is 1. The maximum absolute atomic E-state index is 12.2. The molecule has 0 radical (unpaired) electrons. The summed E-state index contributed by atoms with van der Waals surface area (Å²) in [5.41, 5.74) is 1.66. The highest BCUT2D eigenvalue weighted by molar-refractivity contribution is 5.85. The van der Waals surface area contributed by atoms with Gasteiger partial charge >= 0.3 is 12.5 Å². The van der Waals surface area contributed by atoms with Crippen molar-refractivity contribution >= 4 is 11.8 Å². The minimum Gasteiger partial charge on any atom is -0.465 e. The number of aromatic nitrogens is 3. The van der Waals surface area contributed by atoms with Crippen molar-refractivity contribution in [2.75, 3.05) is 11.9 Å². The molecule has 0 bridgehead atoms. The molecule has 0 saturated heterocycles. The average molecular weight is 378 g/mol. The third kappa shape index (κ3) is 4.35. The zero-order chi connectivity index (χ0) is 19.6. The van der Waals surface area contributed by atoms with Crippen LogP contribution in [0, 0.1) is 0 Å². The summed E-state index contributed by atoms with van der Waals surface area (Å²) in [7, 11) is 1.43. The summed E-state index contributed by atoms with van der Waals surface area (Å²) in [6.45, 7) is 0. The molecule has 1 aromatic heterocycles. The first kappa shape index (κ1) is 18.2. The van der Waals surface area contributed by atoms with Crippen LogP contribution >= 0.6 is 0 Å². The Morgan fingerprint density at radius 1 is 1.11 bits per heavy atom. The van der Waals surface area contributed by atoms with Crippen LogP contribution in [0.4, 0.5) is 23.7 Å². The highest BCUT2D eigenvalue weighted by Crippen LogP contribution is 2.24. The molecule has 3 rings (SSSR count). The summed E-state index contributed by atoms with van der Waals surface area (Å²) in [6.07, 6.45) is -4.40. The van der Waals surface area contributed by atoms with Crippen LogP contribution in [0.15, 0.2) is 54.9 Å². The van der Waals surface area contributed by atoms with E-state index in [9.17, 15) is 18.0 Å². The van der Waals surface area contributed by atoms with Crippen LogP contribution in [0.1, 0.15) is 0 Å². The highest BCUT2D eigenvalue weighted by Gasteiger charge is 2.31. The lowest BCUT2D eigenvalue weighted by atomic mass is 10.2. The van der Waals surface area contributed by atoms with E-state index in [2.05, 4.69) is 14.8 Å². The van der Waals surface area contributed by atoms with Crippen LogP contribution in [0.5, 0.6) is 5.75 Å².